The van der Waals surface area contributed by atoms with E-state index < -0.39 is 4.92 Å². The number of hydrogen-bond donors (Lipinski definition) is 1. The Kier molecular flexibility index (Phi) is 6.51. The maximum atomic E-state index is 13.1. The lowest BCUT2D eigenvalue weighted by atomic mass is 10.1. The van der Waals surface area contributed by atoms with Crippen LogP contribution in [0.25, 0.3) is 0 Å². The zero-order valence-electron chi connectivity index (χ0n) is 17.0. The Labute approximate surface area is 174 Å². The van der Waals surface area contributed by atoms with Crippen LogP contribution in [0.1, 0.15) is 19.4 Å². The molecular weight excluding hydrogens is 391 g/mol. The summed E-state index contributed by atoms with van der Waals surface area (Å²) < 4.78 is 18.6. The van der Waals surface area contributed by atoms with Gasteiger partial charge in [0, 0.05) is 37.8 Å². The molecule has 2 atom stereocenters. The maximum Gasteiger partial charge on any atom is 0.273 e. The van der Waals surface area contributed by atoms with E-state index in [1.54, 1.807) is 17.0 Å². The summed E-state index contributed by atoms with van der Waals surface area (Å²) in [6, 6.07) is 10.4. The van der Waals surface area contributed by atoms with Crippen molar-refractivity contribution in [3.63, 3.8) is 0 Å². The van der Waals surface area contributed by atoms with Crippen molar-refractivity contribution < 1.29 is 18.8 Å². The van der Waals surface area contributed by atoms with Crippen LogP contribution in [0.3, 0.4) is 0 Å². The second-order valence-corrected chi connectivity index (χ2v) is 7.57. The SMILES string of the molecule is C[C@@H]1CN(Cc2ccc(F)cc2)[C@@H](C)CN1C(=O)COc1cc([N+](=O)[O-])ccc1N. The van der Waals surface area contributed by atoms with Crippen molar-refractivity contribution in [2.75, 3.05) is 25.4 Å². The maximum absolute atomic E-state index is 13.1. The number of amides is 1. The summed E-state index contributed by atoms with van der Waals surface area (Å²) in [6.07, 6.45) is 0. The van der Waals surface area contributed by atoms with Crippen LogP contribution < -0.4 is 10.5 Å². The van der Waals surface area contributed by atoms with E-state index in [-0.39, 0.29) is 47.5 Å². The van der Waals surface area contributed by atoms with Crippen LogP contribution in [0.15, 0.2) is 42.5 Å². The first kappa shape index (κ1) is 21.5. The van der Waals surface area contributed by atoms with Crippen molar-refractivity contribution in [2.45, 2.75) is 32.5 Å². The van der Waals surface area contributed by atoms with Crippen LogP contribution in [0.5, 0.6) is 5.75 Å². The lowest BCUT2D eigenvalue weighted by Gasteiger charge is -2.44. The molecule has 2 aromatic carbocycles. The first-order valence-corrected chi connectivity index (χ1v) is 9.69. The van der Waals surface area contributed by atoms with E-state index >= 15 is 0 Å². The van der Waals surface area contributed by atoms with Crippen LogP contribution in [0.4, 0.5) is 15.8 Å². The Morgan fingerprint density at radius 3 is 2.57 bits per heavy atom. The molecule has 1 heterocycles. The van der Waals surface area contributed by atoms with E-state index in [0.29, 0.717) is 19.6 Å². The van der Waals surface area contributed by atoms with E-state index in [0.717, 1.165) is 5.56 Å². The van der Waals surface area contributed by atoms with E-state index in [4.69, 9.17) is 10.5 Å². The third-order valence-electron chi connectivity index (χ3n) is 5.29. The summed E-state index contributed by atoms with van der Waals surface area (Å²) in [5, 5.41) is 10.9. The smallest absolute Gasteiger partial charge is 0.273 e. The lowest BCUT2D eigenvalue weighted by molar-refractivity contribution is -0.384. The number of nitro benzene ring substituents is 1. The molecule has 8 nitrogen and oxygen atoms in total. The number of carbonyl (C=O) groups excluding carboxylic acids is 1. The number of ether oxygens (including phenoxy) is 1. The van der Waals surface area contributed by atoms with Crippen molar-refractivity contribution in [3.05, 3.63) is 64.0 Å². The van der Waals surface area contributed by atoms with Gasteiger partial charge in [-0.1, -0.05) is 12.1 Å². The van der Waals surface area contributed by atoms with Crippen LogP contribution in [0, 0.1) is 15.9 Å². The number of carbonyl (C=O) groups is 1. The van der Waals surface area contributed by atoms with Gasteiger partial charge in [-0.2, -0.15) is 0 Å². The molecule has 0 unspecified atom stereocenters. The van der Waals surface area contributed by atoms with E-state index in [1.165, 1.54) is 30.3 Å². The molecule has 0 bridgehead atoms. The van der Waals surface area contributed by atoms with Crippen LogP contribution >= 0.6 is 0 Å². The number of nitrogens with two attached hydrogens (primary N) is 1. The molecule has 9 heteroatoms. The number of nitrogen functional groups attached to an aromatic ring is 1. The van der Waals surface area contributed by atoms with Gasteiger partial charge in [0.15, 0.2) is 6.61 Å². The highest BCUT2D eigenvalue weighted by atomic mass is 19.1. The molecule has 1 fully saturated rings. The molecule has 1 amide bonds. The number of anilines is 1. The Bertz CT molecular complexity index is 922. The van der Waals surface area contributed by atoms with Crippen molar-refractivity contribution in [2.24, 2.45) is 0 Å². The van der Waals surface area contributed by atoms with Crippen LogP contribution in [-0.4, -0.2) is 52.4 Å². The number of nitro groups is 1. The molecule has 0 radical (unpaired) electrons. The summed E-state index contributed by atoms with van der Waals surface area (Å²) in [4.78, 5) is 27.1. The van der Waals surface area contributed by atoms with Gasteiger partial charge < -0.3 is 15.4 Å². The monoisotopic (exact) mass is 416 g/mol. The fourth-order valence-electron chi connectivity index (χ4n) is 3.57. The molecule has 160 valence electrons. The largest absolute Gasteiger partial charge is 0.481 e. The summed E-state index contributed by atoms with van der Waals surface area (Å²) in [7, 11) is 0. The molecule has 1 saturated heterocycles. The highest BCUT2D eigenvalue weighted by Gasteiger charge is 2.32. The standard InChI is InChI=1S/C21H25FN4O4/c1-14-11-25(15(2)10-24(14)12-16-3-5-17(22)6-4-16)21(27)13-30-20-9-18(26(28)29)7-8-19(20)23/h3-9,14-15H,10-13,23H2,1-2H3/t14-,15+/m0/s1. The number of nitrogens with zero attached hydrogens (tertiary/aromatic N) is 3. The van der Waals surface area contributed by atoms with E-state index in [1.807, 2.05) is 13.8 Å². The number of hydrogen-bond acceptors (Lipinski definition) is 6. The highest BCUT2D eigenvalue weighted by molar-refractivity contribution is 5.78. The van der Waals surface area contributed by atoms with Gasteiger partial charge in [-0.25, -0.2) is 4.39 Å². The number of piperazine rings is 1. The van der Waals surface area contributed by atoms with Gasteiger partial charge in [-0.15, -0.1) is 0 Å². The highest BCUT2D eigenvalue weighted by Crippen LogP contribution is 2.27. The second-order valence-electron chi connectivity index (χ2n) is 7.57. The van der Waals surface area contributed by atoms with Gasteiger partial charge in [-0.05, 0) is 37.6 Å². The number of non-ortho nitro benzene ring substituents is 1. The quantitative estimate of drug-likeness (QED) is 0.441. The molecule has 2 aromatic rings. The molecule has 0 aliphatic carbocycles. The molecule has 2 N–H and O–H groups in total. The zero-order chi connectivity index (χ0) is 21.8. The molecule has 30 heavy (non-hydrogen) atoms. The van der Waals surface area contributed by atoms with Crippen LogP contribution in [-0.2, 0) is 11.3 Å². The Balaban J connectivity index is 1.59. The van der Waals surface area contributed by atoms with Gasteiger partial charge in [0.25, 0.3) is 11.6 Å². The third-order valence-corrected chi connectivity index (χ3v) is 5.29. The summed E-state index contributed by atoms with van der Waals surface area (Å²) in [6.45, 7) is 5.62. The van der Waals surface area contributed by atoms with E-state index in [9.17, 15) is 19.3 Å². The molecule has 1 aliphatic heterocycles. The van der Waals surface area contributed by atoms with Crippen molar-refractivity contribution in [1.82, 2.24) is 9.80 Å². The minimum absolute atomic E-state index is 0.0415. The van der Waals surface area contributed by atoms with Gasteiger partial charge in [0.2, 0.25) is 0 Å². The number of benzene rings is 2. The average molecular weight is 416 g/mol. The van der Waals surface area contributed by atoms with Crippen LogP contribution in [0.2, 0.25) is 0 Å². The summed E-state index contributed by atoms with van der Waals surface area (Å²) in [5.41, 5.74) is 6.90. The van der Waals surface area contributed by atoms with Gasteiger partial charge in [0.05, 0.1) is 16.7 Å². The first-order valence-electron chi connectivity index (χ1n) is 9.69. The number of halogens is 1. The average Bonchev–Trinajstić information content (AvgIpc) is 2.71. The molecule has 3 rings (SSSR count). The molecule has 0 spiro atoms. The lowest BCUT2D eigenvalue weighted by Crippen LogP contribution is -2.58. The van der Waals surface area contributed by atoms with Crippen molar-refractivity contribution >= 4 is 17.3 Å². The third kappa shape index (κ3) is 5.04. The predicted molar refractivity (Wildman–Crippen MR) is 110 cm³/mol. The Morgan fingerprint density at radius 2 is 1.90 bits per heavy atom. The summed E-state index contributed by atoms with van der Waals surface area (Å²) in [5.74, 6) is -0.352. The molecular formula is C21H25FN4O4. The molecule has 1 aliphatic rings. The van der Waals surface area contributed by atoms with Gasteiger partial charge >= 0.3 is 0 Å². The van der Waals surface area contributed by atoms with Gasteiger partial charge in [-0.3, -0.25) is 19.8 Å². The normalized spacial score (nSPS) is 19.5. The minimum Gasteiger partial charge on any atom is -0.481 e. The van der Waals surface area contributed by atoms with Crippen molar-refractivity contribution in [3.8, 4) is 5.75 Å². The van der Waals surface area contributed by atoms with Gasteiger partial charge in [0.1, 0.15) is 11.6 Å². The molecule has 0 saturated carbocycles. The Hall–Kier alpha value is -3.20. The van der Waals surface area contributed by atoms with Crippen molar-refractivity contribution in [1.29, 1.82) is 0 Å². The fourth-order valence-corrected chi connectivity index (χ4v) is 3.57. The fraction of sp³-hybridized carbons (Fsp3) is 0.381. The predicted octanol–water partition coefficient (Wildman–Crippen LogP) is 2.82. The summed E-state index contributed by atoms with van der Waals surface area (Å²) >= 11 is 0. The molecule has 0 aromatic heterocycles. The number of rotatable bonds is 6. The minimum atomic E-state index is -0.543. The van der Waals surface area contributed by atoms with E-state index in [2.05, 4.69) is 4.90 Å². The topological polar surface area (TPSA) is 102 Å². The Morgan fingerprint density at radius 1 is 1.20 bits per heavy atom. The second kappa shape index (κ2) is 9.08. The zero-order valence-corrected chi connectivity index (χ0v) is 17.0. The first-order chi connectivity index (χ1) is 14.2.